The Labute approximate surface area is 144 Å². The van der Waals surface area contributed by atoms with Crippen LogP contribution in [0.5, 0.6) is 5.75 Å². The van der Waals surface area contributed by atoms with E-state index in [9.17, 15) is 4.79 Å². The molecule has 0 spiro atoms. The quantitative estimate of drug-likeness (QED) is 0.709. The van der Waals surface area contributed by atoms with Crippen molar-refractivity contribution in [2.75, 3.05) is 11.9 Å². The number of benzene rings is 1. The summed E-state index contributed by atoms with van der Waals surface area (Å²) in [6.07, 6.45) is 2.36. The molecule has 0 atom stereocenters. The summed E-state index contributed by atoms with van der Waals surface area (Å²) >= 11 is 0. The number of ether oxygens (including phenoxy) is 1. The zero-order valence-corrected chi connectivity index (χ0v) is 14.1. The molecule has 0 aliphatic carbocycles. The number of carbonyl (C=O) groups is 1. The lowest BCUT2D eigenvalue weighted by molar-refractivity contribution is -0.116. The molecule has 2 heterocycles. The molecule has 8 heteroatoms. The summed E-state index contributed by atoms with van der Waals surface area (Å²) in [6.45, 7) is 2.55. The molecule has 0 saturated heterocycles. The molecule has 0 aliphatic heterocycles. The van der Waals surface area contributed by atoms with Gasteiger partial charge in [-0.1, -0.05) is 5.16 Å². The van der Waals surface area contributed by atoms with Gasteiger partial charge in [0.1, 0.15) is 5.75 Å². The van der Waals surface area contributed by atoms with Crippen molar-refractivity contribution in [1.82, 2.24) is 19.9 Å². The first kappa shape index (κ1) is 16.7. The molecule has 1 aromatic carbocycles. The molecule has 130 valence electrons. The predicted octanol–water partition coefficient (Wildman–Crippen LogP) is 2.44. The first-order chi connectivity index (χ1) is 12.1. The standard InChI is InChI=1S/C17H19N5O3/c1-3-24-13-6-4-12(5-7-13)17-19-16(25-21-17)9-8-15(23)18-14-10-11-22(2)20-14/h4-7,10-11H,3,8-9H2,1-2H3,(H,18,20,23). The van der Waals surface area contributed by atoms with E-state index in [0.29, 0.717) is 30.6 Å². The largest absolute Gasteiger partial charge is 0.494 e. The average Bonchev–Trinajstić information content (AvgIpc) is 3.23. The van der Waals surface area contributed by atoms with Gasteiger partial charge in [0.25, 0.3) is 0 Å². The highest BCUT2D eigenvalue weighted by Gasteiger charge is 2.11. The van der Waals surface area contributed by atoms with Crippen LogP contribution < -0.4 is 10.1 Å². The van der Waals surface area contributed by atoms with Crippen molar-refractivity contribution in [2.45, 2.75) is 19.8 Å². The SMILES string of the molecule is CCOc1ccc(-c2noc(CCC(=O)Nc3ccn(C)n3)n2)cc1. The van der Waals surface area contributed by atoms with Crippen molar-refractivity contribution in [1.29, 1.82) is 0 Å². The number of amides is 1. The molecule has 1 N–H and O–H groups in total. The van der Waals surface area contributed by atoms with Crippen LogP contribution in [0.2, 0.25) is 0 Å². The van der Waals surface area contributed by atoms with E-state index in [1.54, 1.807) is 24.0 Å². The minimum atomic E-state index is -0.153. The fourth-order valence-corrected chi connectivity index (χ4v) is 2.25. The Morgan fingerprint density at radius 2 is 2.08 bits per heavy atom. The number of hydrogen-bond acceptors (Lipinski definition) is 6. The molecule has 0 aliphatic rings. The Kier molecular flexibility index (Phi) is 5.08. The van der Waals surface area contributed by atoms with E-state index in [-0.39, 0.29) is 12.3 Å². The molecule has 25 heavy (non-hydrogen) atoms. The zero-order valence-electron chi connectivity index (χ0n) is 14.1. The van der Waals surface area contributed by atoms with Crippen LogP contribution in [0.3, 0.4) is 0 Å². The second-order valence-electron chi connectivity index (χ2n) is 5.39. The third-order valence-corrected chi connectivity index (χ3v) is 3.44. The summed E-state index contributed by atoms with van der Waals surface area (Å²) in [5.41, 5.74) is 0.830. The third-order valence-electron chi connectivity index (χ3n) is 3.44. The van der Waals surface area contributed by atoms with Crippen LogP contribution in [-0.2, 0) is 18.3 Å². The van der Waals surface area contributed by atoms with Crippen LogP contribution in [0.4, 0.5) is 5.82 Å². The van der Waals surface area contributed by atoms with Crippen LogP contribution >= 0.6 is 0 Å². The highest BCUT2D eigenvalue weighted by Crippen LogP contribution is 2.20. The fourth-order valence-electron chi connectivity index (χ4n) is 2.25. The van der Waals surface area contributed by atoms with Gasteiger partial charge in [0.05, 0.1) is 6.61 Å². The maximum Gasteiger partial charge on any atom is 0.227 e. The average molecular weight is 341 g/mol. The van der Waals surface area contributed by atoms with E-state index >= 15 is 0 Å². The number of hydrogen-bond donors (Lipinski definition) is 1. The number of aromatic nitrogens is 4. The van der Waals surface area contributed by atoms with Gasteiger partial charge >= 0.3 is 0 Å². The molecular weight excluding hydrogens is 322 g/mol. The van der Waals surface area contributed by atoms with Crippen molar-refractivity contribution in [3.05, 3.63) is 42.4 Å². The summed E-state index contributed by atoms with van der Waals surface area (Å²) < 4.78 is 12.2. The second-order valence-corrected chi connectivity index (χ2v) is 5.39. The molecule has 0 fully saturated rings. The molecule has 2 aromatic heterocycles. The lowest BCUT2D eigenvalue weighted by atomic mass is 10.2. The number of carbonyl (C=O) groups excluding carboxylic acids is 1. The van der Waals surface area contributed by atoms with Gasteiger partial charge in [0.2, 0.25) is 17.6 Å². The number of aryl methyl sites for hydroxylation is 2. The normalized spacial score (nSPS) is 10.6. The lowest BCUT2D eigenvalue weighted by Crippen LogP contribution is -2.13. The second kappa shape index (κ2) is 7.61. The molecule has 3 rings (SSSR count). The molecule has 0 radical (unpaired) electrons. The topological polar surface area (TPSA) is 95.1 Å². The zero-order chi connectivity index (χ0) is 17.6. The maximum absolute atomic E-state index is 11.9. The van der Waals surface area contributed by atoms with E-state index in [4.69, 9.17) is 9.26 Å². The number of nitrogens with one attached hydrogen (secondary N) is 1. The summed E-state index contributed by atoms with van der Waals surface area (Å²) in [6, 6.07) is 9.18. The first-order valence-corrected chi connectivity index (χ1v) is 7.99. The van der Waals surface area contributed by atoms with Crippen LogP contribution in [0.15, 0.2) is 41.1 Å². The predicted molar refractivity (Wildman–Crippen MR) is 91.1 cm³/mol. The Morgan fingerprint density at radius 3 is 2.76 bits per heavy atom. The van der Waals surface area contributed by atoms with Gasteiger partial charge in [-0.05, 0) is 31.2 Å². The van der Waals surface area contributed by atoms with Crippen molar-refractivity contribution >= 4 is 11.7 Å². The molecule has 1 amide bonds. The van der Waals surface area contributed by atoms with Crippen LogP contribution in [0.1, 0.15) is 19.2 Å². The monoisotopic (exact) mass is 341 g/mol. The van der Waals surface area contributed by atoms with Gasteiger partial charge in [-0.2, -0.15) is 10.1 Å². The van der Waals surface area contributed by atoms with Gasteiger partial charge < -0.3 is 14.6 Å². The smallest absolute Gasteiger partial charge is 0.227 e. The molecule has 0 saturated carbocycles. The molecular formula is C17H19N5O3. The van der Waals surface area contributed by atoms with E-state index in [1.165, 1.54) is 0 Å². The van der Waals surface area contributed by atoms with E-state index in [0.717, 1.165) is 11.3 Å². The van der Waals surface area contributed by atoms with E-state index in [2.05, 4.69) is 20.6 Å². The Morgan fingerprint density at radius 1 is 1.28 bits per heavy atom. The van der Waals surface area contributed by atoms with Gasteiger partial charge in [-0.15, -0.1) is 0 Å². The van der Waals surface area contributed by atoms with E-state index in [1.807, 2.05) is 31.2 Å². The Hall–Kier alpha value is -3.16. The molecule has 8 nitrogen and oxygen atoms in total. The van der Waals surface area contributed by atoms with Gasteiger partial charge in [0.15, 0.2) is 5.82 Å². The highest BCUT2D eigenvalue weighted by atomic mass is 16.5. The first-order valence-electron chi connectivity index (χ1n) is 7.99. The summed E-state index contributed by atoms with van der Waals surface area (Å²) in [4.78, 5) is 16.2. The lowest BCUT2D eigenvalue weighted by Gasteiger charge is -2.02. The van der Waals surface area contributed by atoms with Crippen LogP contribution in [-0.4, -0.2) is 32.4 Å². The van der Waals surface area contributed by atoms with Crippen molar-refractivity contribution in [3.63, 3.8) is 0 Å². The van der Waals surface area contributed by atoms with Crippen molar-refractivity contribution < 1.29 is 14.1 Å². The summed E-state index contributed by atoms with van der Waals surface area (Å²) in [5, 5.41) is 10.8. The minimum Gasteiger partial charge on any atom is -0.494 e. The fraction of sp³-hybridized carbons (Fsp3) is 0.294. The highest BCUT2D eigenvalue weighted by molar-refractivity contribution is 5.89. The van der Waals surface area contributed by atoms with Gasteiger partial charge in [-0.25, -0.2) is 0 Å². The van der Waals surface area contributed by atoms with Gasteiger partial charge in [0, 0.05) is 37.7 Å². The molecule has 3 aromatic rings. The maximum atomic E-state index is 11.9. The Balaban J connectivity index is 1.55. The van der Waals surface area contributed by atoms with E-state index < -0.39 is 0 Å². The summed E-state index contributed by atoms with van der Waals surface area (Å²) in [5.74, 6) is 2.07. The summed E-state index contributed by atoms with van der Waals surface area (Å²) in [7, 11) is 1.79. The molecule has 0 unspecified atom stereocenters. The van der Waals surface area contributed by atoms with Crippen molar-refractivity contribution in [2.24, 2.45) is 7.05 Å². The minimum absolute atomic E-state index is 0.153. The number of anilines is 1. The van der Waals surface area contributed by atoms with Crippen molar-refractivity contribution in [3.8, 4) is 17.1 Å². The van der Waals surface area contributed by atoms with Crippen LogP contribution in [0.25, 0.3) is 11.4 Å². The number of nitrogens with zero attached hydrogens (tertiary/aromatic N) is 4. The Bertz CT molecular complexity index is 838. The van der Waals surface area contributed by atoms with Gasteiger partial charge in [-0.3, -0.25) is 9.48 Å². The third kappa shape index (κ3) is 4.43. The van der Waals surface area contributed by atoms with Crippen LogP contribution in [0, 0.1) is 0 Å². The molecule has 0 bridgehead atoms. The number of rotatable bonds is 7.